The van der Waals surface area contributed by atoms with Crippen molar-refractivity contribution >= 4 is 70.5 Å². The SMILES string of the molecule is COc1ccc(C(=O)OCC2=C(C(=O)O)N3C(=O)[C@@H](NC(=O)CSc4cc(Cl)ccc4Cl)C3SC2)cc1. The highest BCUT2D eigenvalue weighted by Gasteiger charge is 2.54. The van der Waals surface area contributed by atoms with Crippen LogP contribution in [0.1, 0.15) is 10.4 Å². The summed E-state index contributed by atoms with van der Waals surface area (Å²) in [6.07, 6.45) is 0. The monoisotopic (exact) mass is 582 g/mol. The van der Waals surface area contributed by atoms with Gasteiger partial charge in [0, 0.05) is 21.2 Å². The van der Waals surface area contributed by atoms with Gasteiger partial charge in [-0.15, -0.1) is 23.5 Å². The minimum absolute atomic E-state index is 0.00455. The maximum absolute atomic E-state index is 12.8. The van der Waals surface area contributed by atoms with E-state index in [4.69, 9.17) is 32.7 Å². The highest BCUT2D eigenvalue weighted by Crippen LogP contribution is 2.40. The number of carbonyl (C=O) groups is 4. The van der Waals surface area contributed by atoms with Crippen LogP contribution in [-0.4, -0.2) is 70.4 Å². The van der Waals surface area contributed by atoms with Crippen LogP contribution in [0.2, 0.25) is 10.0 Å². The van der Waals surface area contributed by atoms with Crippen molar-refractivity contribution in [1.82, 2.24) is 10.2 Å². The first-order valence-corrected chi connectivity index (χ1v) is 13.6. The summed E-state index contributed by atoms with van der Waals surface area (Å²) in [4.78, 5) is 51.4. The van der Waals surface area contributed by atoms with E-state index in [0.717, 1.165) is 4.90 Å². The maximum Gasteiger partial charge on any atom is 0.352 e. The Morgan fingerprint density at radius 2 is 1.92 bits per heavy atom. The summed E-state index contributed by atoms with van der Waals surface area (Å²) in [6.45, 7) is -0.288. The lowest BCUT2D eigenvalue weighted by Crippen LogP contribution is -2.70. The predicted molar refractivity (Wildman–Crippen MR) is 140 cm³/mol. The van der Waals surface area contributed by atoms with Crippen LogP contribution >= 0.6 is 46.7 Å². The average molecular weight is 583 g/mol. The quantitative estimate of drug-likeness (QED) is 0.259. The number of β-lactam (4-membered cyclic amide) rings is 1. The molecule has 0 aliphatic carbocycles. The fraction of sp³-hybridized carbons (Fsp3) is 0.250. The number of hydrogen-bond donors (Lipinski definition) is 2. The second-order valence-corrected chi connectivity index (χ2v) is 10.8. The Morgan fingerprint density at radius 1 is 1.19 bits per heavy atom. The van der Waals surface area contributed by atoms with Crippen LogP contribution in [0.15, 0.2) is 58.6 Å². The second kappa shape index (κ2) is 11.7. The van der Waals surface area contributed by atoms with Crippen LogP contribution in [0, 0.1) is 0 Å². The lowest BCUT2D eigenvalue weighted by Gasteiger charge is -2.49. The van der Waals surface area contributed by atoms with E-state index in [1.165, 1.54) is 42.8 Å². The molecule has 4 rings (SSSR count). The summed E-state index contributed by atoms with van der Waals surface area (Å²) >= 11 is 14.5. The topological polar surface area (TPSA) is 122 Å². The van der Waals surface area contributed by atoms with E-state index in [2.05, 4.69) is 5.32 Å². The number of nitrogens with zero attached hydrogens (tertiary/aromatic N) is 1. The van der Waals surface area contributed by atoms with Gasteiger partial charge in [-0.25, -0.2) is 9.59 Å². The number of amides is 2. The molecule has 0 bridgehead atoms. The fourth-order valence-corrected chi connectivity index (χ4v) is 6.34. The third-order valence-electron chi connectivity index (χ3n) is 5.52. The summed E-state index contributed by atoms with van der Waals surface area (Å²) in [5.41, 5.74) is 0.334. The van der Waals surface area contributed by atoms with E-state index in [9.17, 15) is 24.3 Å². The van der Waals surface area contributed by atoms with E-state index in [0.29, 0.717) is 26.3 Å². The van der Waals surface area contributed by atoms with Crippen LogP contribution in [0.4, 0.5) is 0 Å². The smallest absolute Gasteiger partial charge is 0.352 e. The molecule has 1 saturated heterocycles. The van der Waals surface area contributed by atoms with Crippen molar-refractivity contribution < 1.29 is 33.8 Å². The number of halogens is 2. The van der Waals surface area contributed by atoms with E-state index in [1.807, 2.05) is 0 Å². The van der Waals surface area contributed by atoms with Gasteiger partial charge >= 0.3 is 11.9 Å². The van der Waals surface area contributed by atoms with Crippen LogP contribution in [0.5, 0.6) is 5.75 Å². The van der Waals surface area contributed by atoms with Crippen molar-refractivity contribution in [2.45, 2.75) is 16.3 Å². The normalized spacial score (nSPS) is 18.6. The van der Waals surface area contributed by atoms with Gasteiger partial charge in [-0.05, 0) is 42.5 Å². The highest BCUT2D eigenvalue weighted by atomic mass is 35.5. The van der Waals surface area contributed by atoms with Gasteiger partial charge in [-0.3, -0.25) is 14.5 Å². The summed E-state index contributed by atoms with van der Waals surface area (Å²) < 4.78 is 10.4. The Labute approximate surface area is 230 Å². The number of methoxy groups -OCH3 is 1. The molecule has 2 heterocycles. The molecule has 2 atom stereocenters. The van der Waals surface area contributed by atoms with Gasteiger partial charge in [0.15, 0.2) is 0 Å². The molecule has 2 aliphatic heterocycles. The van der Waals surface area contributed by atoms with Crippen molar-refractivity contribution in [2.75, 3.05) is 25.2 Å². The molecule has 0 spiro atoms. The molecular weight excluding hydrogens is 563 g/mol. The summed E-state index contributed by atoms with van der Waals surface area (Å²) in [6, 6.07) is 10.3. The number of carboxylic acids is 1. The first-order chi connectivity index (χ1) is 17.7. The van der Waals surface area contributed by atoms with E-state index < -0.39 is 35.2 Å². The zero-order chi connectivity index (χ0) is 26.7. The van der Waals surface area contributed by atoms with Crippen LogP contribution in [0.3, 0.4) is 0 Å². The number of thioether (sulfide) groups is 2. The first-order valence-electron chi connectivity index (χ1n) is 10.8. The Morgan fingerprint density at radius 3 is 2.59 bits per heavy atom. The van der Waals surface area contributed by atoms with E-state index in [-0.39, 0.29) is 29.4 Å². The van der Waals surface area contributed by atoms with Gasteiger partial charge < -0.3 is 19.9 Å². The molecule has 37 heavy (non-hydrogen) atoms. The number of ether oxygens (including phenoxy) is 2. The summed E-state index contributed by atoms with van der Waals surface area (Å²) in [5, 5.41) is 12.8. The zero-order valence-corrected chi connectivity index (χ0v) is 22.4. The number of carboxylic acid groups (broad SMARTS) is 1. The van der Waals surface area contributed by atoms with Gasteiger partial charge in [-0.1, -0.05) is 23.2 Å². The molecule has 1 unspecified atom stereocenters. The minimum Gasteiger partial charge on any atom is -0.497 e. The number of rotatable bonds is 9. The molecule has 13 heteroatoms. The molecule has 2 N–H and O–H groups in total. The number of esters is 1. The maximum atomic E-state index is 12.8. The molecule has 2 aliphatic rings. The number of carbonyl (C=O) groups excluding carboxylic acids is 3. The summed E-state index contributed by atoms with van der Waals surface area (Å²) in [7, 11) is 1.50. The Hall–Kier alpha value is -2.86. The third kappa shape index (κ3) is 6.01. The van der Waals surface area contributed by atoms with E-state index in [1.54, 1.807) is 30.3 Å². The molecular formula is C24H20Cl2N2O7S2. The number of hydrogen-bond acceptors (Lipinski definition) is 8. The van der Waals surface area contributed by atoms with Crippen LogP contribution in [0.25, 0.3) is 0 Å². The lowest BCUT2D eigenvalue weighted by molar-refractivity contribution is -0.150. The Balaban J connectivity index is 1.37. The first kappa shape index (κ1) is 27.2. The van der Waals surface area contributed by atoms with Crippen LogP contribution in [-0.2, 0) is 19.1 Å². The second-order valence-electron chi connectivity index (χ2n) is 7.88. The number of nitrogens with one attached hydrogen (secondary N) is 1. The average Bonchev–Trinajstić information content (AvgIpc) is 2.90. The largest absolute Gasteiger partial charge is 0.497 e. The fourth-order valence-electron chi connectivity index (χ4n) is 3.70. The molecule has 0 aromatic heterocycles. The molecule has 194 valence electrons. The number of fused-ring (bicyclic) bond motifs is 1. The molecule has 0 saturated carbocycles. The van der Waals surface area contributed by atoms with Gasteiger partial charge in [0.1, 0.15) is 29.5 Å². The zero-order valence-electron chi connectivity index (χ0n) is 19.2. The van der Waals surface area contributed by atoms with Crippen molar-refractivity contribution in [3.05, 3.63) is 69.3 Å². The number of benzene rings is 2. The Bertz CT molecular complexity index is 1290. The van der Waals surface area contributed by atoms with Gasteiger partial charge in [-0.2, -0.15) is 0 Å². The van der Waals surface area contributed by atoms with Gasteiger partial charge in [0.2, 0.25) is 5.91 Å². The molecule has 2 amide bonds. The van der Waals surface area contributed by atoms with Crippen LogP contribution < -0.4 is 10.1 Å². The Kier molecular flexibility index (Phi) is 8.58. The van der Waals surface area contributed by atoms with Crippen molar-refractivity contribution in [3.63, 3.8) is 0 Å². The van der Waals surface area contributed by atoms with Gasteiger partial charge in [0.05, 0.1) is 23.4 Å². The lowest BCUT2D eigenvalue weighted by atomic mass is 10.0. The van der Waals surface area contributed by atoms with E-state index >= 15 is 0 Å². The van der Waals surface area contributed by atoms with Crippen molar-refractivity contribution in [2.24, 2.45) is 0 Å². The molecule has 2 aromatic rings. The predicted octanol–water partition coefficient (Wildman–Crippen LogP) is 3.69. The molecule has 9 nitrogen and oxygen atoms in total. The molecule has 2 aromatic carbocycles. The minimum atomic E-state index is -1.31. The number of aliphatic carboxylic acids is 1. The van der Waals surface area contributed by atoms with Crippen molar-refractivity contribution in [1.29, 1.82) is 0 Å². The molecule has 1 fully saturated rings. The molecule has 0 radical (unpaired) electrons. The summed E-state index contributed by atoms with van der Waals surface area (Å²) in [5.74, 6) is -2.12. The third-order valence-corrected chi connectivity index (χ3v) is 8.59. The van der Waals surface area contributed by atoms with Gasteiger partial charge in [0.25, 0.3) is 5.91 Å². The highest BCUT2D eigenvalue weighted by molar-refractivity contribution is 8.00. The standard InChI is InChI=1S/C24H20Cl2N2O7S2/c1-34-15-5-2-12(3-6-15)24(33)35-9-13-10-37-22-19(21(30)28(22)20(13)23(31)32)27-18(29)11-36-17-8-14(25)4-7-16(17)26/h2-8,19,22H,9-11H2,1H3,(H,27,29)(H,31,32)/t19-,22?/m1/s1. The van der Waals surface area contributed by atoms with Crippen molar-refractivity contribution in [3.8, 4) is 5.75 Å².